The fourth-order valence-corrected chi connectivity index (χ4v) is 3.66. The number of nitrogens with zero attached hydrogens (tertiary/aromatic N) is 3. The third kappa shape index (κ3) is 8.31. The maximum absolute atomic E-state index is 12.2. The Labute approximate surface area is 227 Å². The van der Waals surface area contributed by atoms with E-state index < -0.39 is 0 Å². The Bertz CT molecular complexity index is 1390. The summed E-state index contributed by atoms with van der Waals surface area (Å²) in [5, 5.41) is 9.82. The lowest BCUT2D eigenvalue weighted by molar-refractivity contribution is -0.111. The summed E-state index contributed by atoms with van der Waals surface area (Å²) in [5.74, 6) is 2.08. The molecule has 2 heterocycles. The number of hydrogen-bond donors (Lipinski definition) is 3. The minimum Gasteiger partial charge on any atom is -0.486 e. The molecule has 0 aliphatic heterocycles. The Balaban J connectivity index is 1.36. The molecule has 0 spiro atoms. The van der Waals surface area contributed by atoms with E-state index in [-0.39, 0.29) is 5.91 Å². The number of carbonyl (C=O) groups is 1. The number of aromatic nitrogens is 3. The number of benzene rings is 2. The number of ether oxygens (including phenoxy) is 1. The van der Waals surface area contributed by atoms with Gasteiger partial charge in [0.1, 0.15) is 30.3 Å². The zero-order valence-electron chi connectivity index (χ0n) is 21.2. The minimum absolute atomic E-state index is 0.164. The van der Waals surface area contributed by atoms with Crippen LogP contribution in [0.25, 0.3) is 0 Å². The number of pyridine rings is 1. The lowest BCUT2D eigenvalue weighted by Crippen LogP contribution is -2.08. The lowest BCUT2D eigenvalue weighted by atomic mass is 10.1. The van der Waals surface area contributed by atoms with Gasteiger partial charge in [0.25, 0.3) is 0 Å². The van der Waals surface area contributed by atoms with Gasteiger partial charge in [0.15, 0.2) is 0 Å². The highest BCUT2D eigenvalue weighted by molar-refractivity contribution is 6.32. The van der Waals surface area contributed by atoms with Crippen LogP contribution in [-0.4, -0.2) is 20.9 Å². The molecular formula is C29H29ClN6O2. The fraction of sp³-hybridized carbons (Fsp3) is 0.172. The van der Waals surface area contributed by atoms with Crippen molar-refractivity contribution in [2.75, 3.05) is 16.0 Å². The van der Waals surface area contributed by atoms with Crippen molar-refractivity contribution in [2.24, 2.45) is 5.92 Å². The quantitative estimate of drug-likeness (QED) is 0.178. The first-order valence-corrected chi connectivity index (χ1v) is 12.6. The molecule has 0 saturated heterocycles. The number of allylic oxidation sites excluding steroid dienone is 1. The van der Waals surface area contributed by atoms with Crippen LogP contribution < -0.4 is 20.7 Å². The Morgan fingerprint density at radius 1 is 0.921 bits per heavy atom. The van der Waals surface area contributed by atoms with E-state index in [4.69, 9.17) is 16.3 Å². The summed E-state index contributed by atoms with van der Waals surface area (Å²) in [4.78, 5) is 25.0. The molecule has 3 N–H and O–H groups in total. The minimum atomic E-state index is -0.164. The molecule has 0 aliphatic carbocycles. The Hall–Kier alpha value is -4.43. The van der Waals surface area contributed by atoms with E-state index in [0.29, 0.717) is 40.6 Å². The normalized spacial score (nSPS) is 10.9. The Kier molecular flexibility index (Phi) is 9.26. The number of halogens is 1. The second-order valence-corrected chi connectivity index (χ2v) is 9.30. The molecule has 2 aromatic carbocycles. The first-order valence-electron chi connectivity index (χ1n) is 12.2. The molecule has 0 unspecified atom stereocenters. The molecule has 194 valence electrons. The number of nitrogens with one attached hydrogen (secondary N) is 3. The van der Waals surface area contributed by atoms with Crippen molar-refractivity contribution in [1.82, 2.24) is 15.0 Å². The maximum atomic E-state index is 12.2. The van der Waals surface area contributed by atoms with Gasteiger partial charge in [0, 0.05) is 29.3 Å². The average Bonchev–Trinajstić information content (AvgIpc) is 2.89. The molecule has 0 radical (unpaired) electrons. The van der Waals surface area contributed by atoms with Crippen LogP contribution in [-0.2, 0) is 11.4 Å². The second-order valence-electron chi connectivity index (χ2n) is 8.90. The van der Waals surface area contributed by atoms with Gasteiger partial charge in [-0.1, -0.05) is 43.7 Å². The Morgan fingerprint density at radius 3 is 2.39 bits per heavy atom. The number of rotatable bonds is 11. The molecule has 0 bridgehead atoms. The van der Waals surface area contributed by atoms with Gasteiger partial charge in [-0.05, 0) is 66.9 Å². The topological polar surface area (TPSA) is 101 Å². The SMILES string of the molecule is CC(C)CC=CC(=O)Nc1cccc(Nc2cc(Nc3ccc(OCc4ccccn4)c(Cl)c3)ncn2)c1. The van der Waals surface area contributed by atoms with Crippen LogP contribution in [0.4, 0.5) is 28.7 Å². The van der Waals surface area contributed by atoms with Gasteiger partial charge in [-0.2, -0.15) is 0 Å². The van der Waals surface area contributed by atoms with Crippen molar-refractivity contribution in [1.29, 1.82) is 0 Å². The number of carbonyl (C=O) groups excluding carboxylic acids is 1. The van der Waals surface area contributed by atoms with Crippen molar-refractivity contribution < 1.29 is 9.53 Å². The van der Waals surface area contributed by atoms with Gasteiger partial charge in [-0.3, -0.25) is 9.78 Å². The molecule has 1 amide bonds. The van der Waals surface area contributed by atoms with Crippen LogP contribution in [0.3, 0.4) is 0 Å². The van der Waals surface area contributed by atoms with Crippen molar-refractivity contribution >= 4 is 46.2 Å². The summed E-state index contributed by atoms with van der Waals surface area (Å²) in [7, 11) is 0. The van der Waals surface area contributed by atoms with Crippen LogP contribution in [0.1, 0.15) is 26.0 Å². The first kappa shape index (κ1) is 26.6. The van der Waals surface area contributed by atoms with E-state index in [1.165, 1.54) is 6.33 Å². The average molecular weight is 529 g/mol. The predicted molar refractivity (Wildman–Crippen MR) is 152 cm³/mol. The monoisotopic (exact) mass is 528 g/mol. The van der Waals surface area contributed by atoms with Gasteiger partial charge < -0.3 is 20.7 Å². The van der Waals surface area contributed by atoms with E-state index in [1.54, 1.807) is 30.5 Å². The lowest BCUT2D eigenvalue weighted by Gasteiger charge is -2.12. The molecule has 4 rings (SSSR count). The van der Waals surface area contributed by atoms with Gasteiger partial charge >= 0.3 is 0 Å². The van der Waals surface area contributed by atoms with E-state index in [0.717, 1.165) is 23.5 Å². The number of amides is 1. The van der Waals surface area contributed by atoms with Crippen LogP contribution >= 0.6 is 11.6 Å². The highest BCUT2D eigenvalue weighted by Crippen LogP contribution is 2.30. The molecule has 4 aromatic rings. The Morgan fingerprint density at radius 2 is 1.68 bits per heavy atom. The third-order valence-electron chi connectivity index (χ3n) is 5.25. The van der Waals surface area contributed by atoms with Crippen LogP contribution in [0, 0.1) is 5.92 Å². The molecule has 0 atom stereocenters. The van der Waals surface area contributed by atoms with Gasteiger partial charge in [0.2, 0.25) is 5.91 Å². The van der Waals surface area contributed by atoms with Gasteiger partial charge in [-0.15, -0.1) is 0 Å². The van der Waals surface area contributed by atoms with E-state index in [2.05, 4.69) is 44.7 Å². The maximum Gasteiger partial charge on any atom is 0.248 e. The van der Waals surface area contributed by atoms with Crippen molar-refractivity contribution in [3.63, 3.8) is 0 Å². The summed E-state index contributed by atoms with van der Waals surface area (Å²) in [6.07, 6.45) is 7.48. The highest BCUT2D eigenvalue weighted by Gasteiger charge is 2.07. The van der Waals surface area contributed by atoms with E-state index >= 15 is 0 Å². The molecule has 0 fully saturated rings. The summed E-state index contributed by atoms with van der Waals surface area (Å²) in [5.41, 5.74) is 3.02. The smallest absolute Gasteiger partial charge is 0.248 e. The van der Waals surface area contributed by atoms with Crippen molar-refractivity contribution in [2.45, 2.75) is 26.9 Å². The summed E-state index contributed by atoms with van der Waals surface area (Å²) in [6.45, 7) is 4.54. The summed E-state index contributed by atoms with van der Waals surface area (Å²) >= 11 is 6.43. The van der Waals surface area contributed by atoms with Crippen LogP contribution in [0.2, 0.25) is 5.02 Å². The summed E-state index contributed by atoms with van der Waals surface area (Å²) in [6, 6.07) is 20.3. The first-order chi connectivity index (χ1) is 18.4. The molecule has 0 saturated carbocycles. The standard InChI is InChI=1S/C29H29ClN6O2/c1-20(2)7-5-11-29(37)36-22-10-6-9-21(15-22)34-27-17-28(33-19-32-27)35-23-12-13-26(25(30)16-23)38-18-24-8-3-4-14-31-24/h3-6,8-17,19-20H,7,18H2,1-2H3,(H,36,37)(H2,32,33,34,35). The second kappa shape index (κ2) is 13.2. The largest absolute Gasteiger partial charge is 0.486 e. The van der Waals surface area contributed by atoms with Crippen molar-refractivity contribution in [3.8, 4) is 5.75 Å². The molecule has 2 aromatic heterocycles. The summed E-state index contributed by atoms with van der Waals surface area (Å²) < 4.78 is 5.79. The van der Waals surface area contributed by atoms with Crippen LogP contribution in [0.15, 0.2) is 91.4 Å². The number of hydrogen-bond acceptors (Lipinski definition) is 7. The van der Waals surface area contributed by atoms with Crippen LogP contribution in [0.5, 0.6) is 5.75 Å². The van der Waals surface area contributed by atoms with Gasteiger partial charge in [-0.25, -0.2) is 9.97 Å². The molecule has 38 heavy (non-hydrogen) atoms. The van der Waals surface area contributed by atoms with Crippen molar-refractivity contribution in [3.05, 3.63) is 102 Å². The number of anilines is 5. The zero-order chi connectivity index (χ0) is 26.7. The molecule has 9 heteroatoms. The van der Waals surface area contributed by atoms with E-state index in [9.17, 15) is 4.79 Å². The fourth-order valence-electron chi connectivity index (χ4n) is 3.43. The zero-order valence-corrected chi connectivity index (χ0v) is 21.9. The molecule has 0 aliphatic rings. The highest BCUT2D eigenvalue weighted by atomic mass is 35.5. The predicted octanol–water partition coefficient (Wildman–Crippen LogP) is 7.13. The van der Waals surface area contributed by atoms with Gasteiger partial charge in [0.05, 0.1) is 10.7 Å². The molecular weight excluding hydrogens is 500 g/mol. The molecule has 8 nitrogen and oxygen atoms in total. The van der Waals surface area contributed by atoms with E-state index in [1.807, 2.05) is 54.6 Å². The third-order valence-corrected chi connectivity index (χ3v) is 5.55.